The van der Waals surface area contributed by atoms with E-state index in [1.807, 2.05) is 6.92 Å². The van der Waals surface area contributed by atoms with Crippen molar-refractivity contribution in [3.8, 4) is 17.2 Å². The van der Waals surface area contributed by atoms with E-state index in [1.54, 1.807) is 0 Å². The number of nitrogens with two attached hydrogens (primary N) is 1. The summed E-state index contributed by atoms with van der Waals surface area (Å²) in [6, 6.07) is 1.77. The fourth-order valence-electron chi connectivity index (χ4n) is 1.47. The molecular weight excluding hydrogens is 194 g/mol. The number of phenolic OH excluding ortho intramolecular Hbond substituents is 3. The molecule has 0 spiro atoms. The number of rotatable bonds is 3. The maximum Gasteiger partial charge on any atom is 0.127 e. The average molecular weight is 209 g/mol. The molecule has 0 aliphatic carbocycles. The molecule has 0 aromatic heterocycles. The summed E-state index contributed by atoms with van der Waals surface area (Å²) in [5.41, 5.74) is 6.87. The molecule has 0 saturated carbocycles. The molecule has 0 saturated heterocycles. The van der Waals surface area contributed by atoms with Gasteiger partial charge in [-0.1, -0.05) is 5.57 Å². The second-order valence-electron chi connectivity index (χ2n) is 3.67. The van der Waals surface area contributed by atoms with Crippen LogP contribution in [0, 0.1) is 0 Å². The number of hydrogen-bond donors (Lipinski definition) is 4. The van der Waals surface area contributed by atoms with Crippen molar-refractivity contribution in [2.24, 2.45) is 5.73 Å². The van der Waals surface area contributed by atoms with Crippen LogP contribution >= 0.6 is 0 Å². The van der Waals surface area contributed by atoms with E-state index in [9.17, 15) is 10.2 Å². The topological polar surface area (TPSA) is 86.7 Å². The third-order valence-electron chi connectivity index (χ3n) is 2.06. The van der Waals surface area contributed by atoms with Crippen LogP contribution in [0.3, 0.4) is 0 Å². The van der Waals surface area contributed by atoms with Crippen molar-refractivity contribution in [2.75, 3.05) is 0 Å². The second kappa shape index (κ2) is 4.23. The molecule has 0 fully saturated rings. The highest BCUT2D eigenvalue weighted by atomic mass is 16.3. The fourth-order valence-corrected chi connectivity index (χ4v) is 1.47. The molecule has 0 aliphatic heterocycles. The van der Waals surface area contributed by atoms with Gasteiger partial charge in [-0.3, -0.25) is 0 Å². The van der Waals surface area contributed by atoms with E-state index in [4.69, 9.17) is 10.8 Å². The Kier molecular flexibility index (Phi) is 3.21. The Labute approximate surface area is 88.3 Å². The maximum atomic E-state index is 9.53. The van der Waals surface area contributed by atoms with Crippen molar-refractivity contribution in [3.63, 3.8) is 0 Å². The smallest absolute Gasteiger partial charge is 0.127 e. The zero-order chi connectivity index (χ0) is 11.6. The van der Waals surface area contributed by atoms with E-state index < -0.39 is 6.04 Å². The van der Waals surface area contributed by atoms with Crippen molar-refractivity contribution >= 4 is 0 Å². The summed E-state index contributed by atoms with van der Waals surface area (Å²) in [7, 11) is 0. The molecule has 4 nitrogen and oxygen atoms in total. The molecule has 0 radical (unpaired) electrons. The summed E-state index contributed by atoms with van der Waals surface area (Å²) in [6.07, 6.45) is 0.464. The molecule has 5 N–H and O–H groups in total. The van der Waals surface area contributed by atoms with Gasteiger partial charge in [-0.05, 0) is 13.3 Å². The largest absolute Gasteiger partial charge is 0.508 e. The second-order valence-corrected chi connectivity index (χ2v) is 3.67. The monoisotopic (exact) mass is 209 g/mol. The number of phenols is 3. The van der Waals surface area contributed by atoms with Crippen LogP contribution < -0.4 is 5.73 Å². The Morgan fingerprint density at radius 3 is 2.20 bits per heavy atom. The fraction of sp³-hybridized carbons (Fsp3) is 0.273. The van der Waals surface area contributed by atoms with Crippen molar-refractivity contribution in [1.29, 1.82) is 0 Å². The lowest BCUT2D eigenvalue weighted by Gasteiger charge is -2.15. The van der Waals surface area contributed by atoms with Gasteiger partial charge in [0.05, 0.1) is 5.56 Å². The van der Waals surface area contributed by atoms with Gasteiger partial charge in [0.1, 0.15) is 17.2 Å². The third-order valence-corrected chi connectivity index (χ3v) is 2.06. The molecule has 0 amide bonds. The molecule has 82 valence electrons. The van der Waals surface area contributed by atoms with Crippen LogP contribution in [0.15, 0.2) is 24.3 Å². The predicted molar refractivity (Wildman–Crippen MR) is 57.8 cm³/mol. The van der Waals surface area contributed by atoms with Crippen molar-refractivity contribution in [1.82, 2.24) is 0 Å². The van der Waals surface area contributed by atoms with Gasteiger partial charge in [-0.25, -0.2) is 0 Å². The lowest BCUT2D eigenvalue weighted by Crippen LogP contribution is -2.10. The zero-order valence-corrected chi connectivity index (χ0v) is 8.57. The number of benzene rings is 1. The van der Waals surface area contributed by atoms with Gasteiger partial charge in [0.25, 0.3) is 0 Å². The molecule has 1 atom stereocenters. The highest BCUT2D eigenvalue weighted by Gasteiger charge is 2.16. The standard InChI is InChI=1S/C11H15NO3/c1-6(2)3-8(12)11-9(14)4-7(13)5-10(11)15/h4-5,8,13-15H,1,3,12H2,2H3/t8-/m1/s1. The van der Waals surface area contributed by atoms with E-state index >= 15 is 0 Å². The van der Waals surface area contributed by atoms with Gasteiger partial charge in [-0.15, -0.1) is 6.58 Å². The van der Waals surface area contributed by atoms with E-state index in [0.29, 0.717) is 6.42 Å². The lowest BCUT2D eigenvalue weighted by atomic mass is 9.99. The van der Waals surface area contributed by atoms with Crippen LogP contribution in [0.5, 0.6) is 17.2 Å². The summed E-state index contributed by atoms with van der Waals surface area (Å²) in [5, 5.41) is 28.2. The minimum Gasteiger partial charge on any atom is -0.508 e. The first kappa shape index (κ1) is 11.4. The van der Waals surface area contributed by atoms with Crippen LogP contribution in [0.1, 0.15) is 24.9 Å². The Hall–Kier alpha value is -1.68. The molecular formula is C11H15NO3. The highest BCUT2D eigenvalue weighted by molar-refractivity contribution is 5.50. The minimum atomic E-state index is -0.525. The van der Waals surface area contributed by atoms with Gasteiger partial charge in [0.15, 0.2) is 0 Å². The van der Waals surface area contributed by atoms with Gasteiger partial charge in [0, 0.05) is 18.2 Å². The molecule has 0 bridgehead atoms. The van der Waals surface area contributed by atoms with Gasteiger partial charge in [-0.2, -0.15) is 0 Å². The predicted octanol–water partition coefficient (Wildman–Crippen LogP) is 1.77. The van der Waals surface area contributed by atoms with Crippen molar-refractivity contribution in [3.05, 3.63) is 29.8 Å². The summed E-state index contributed by atoms with van der Waals surface area (Å²) in [5.74, 6) is -0.612. The number of hydrogen-bond acceptors (Lipinski definition) is 4. The first-order chi connectivity index (χ1) is 6.91. The van der Waals surface area contributed by atoms with Crippen molar-refractivity contribution < 1.29 is 15.3 Å². The van der Waals surface area contributed by atoms with E-state index in [1.165, 1.54) is 0 Å². The molecule has 1 aromatic rings. The molecule has 15 heavy (non-hydrogen) atoms. The number of aromatic hydroxyl groups is 3. The van der Waals surface area contributed by atoms with Crippen LogP contribution in [0.2, 0.25) is 0 Å². The molecule has 0 heterocycles. The van der Waals surface area contributed by atoms with Crippen LogP contribution in [-0.4, -0.2) is 15.3 Å². The zero-order valence-electron chi connectivity index (χ0n) is 8.57. The van der Waals surface area contributed by atoms with E-state index in [0.717, 1.165) is 17.7 Å². The summed E-state index contributed by atoms with van der Waals surface area (Å²) in [6.45, 7) is 5.52. The molecule has 4 heteroatoms. The summed E-state index contributed by atoms with van der Waals surface area (Å²) < 4.78 is 0. The Morgan fingerprint density at radius 2 is 1.80 bits per heavy atom. The van der Waals surface area contributed by atoms with Crippen molar-refractivity contribution in [2.45, 2.75) is 19.4 Å². The average Bonchev–Trinajstić information content (AvgIpc) is 1.99. The van der Waals surface area contributed by atoms with Gasteiger partial charge < -0.3 is 21.1 Å². The molecule has 1 rings (SSSR count). The van der Waals surface area contributed by atoms with Crippen LogP contribution in [0.4, 0.5) is 0 Å². The van der Waals surface area contributed by atoms with Crippen LogP contribution in [0.25, 0.3) is 0 Å². The molecule has 0 aliphatic rings. The highest BCUT2D eigenvalue weighted by Crippen LogP contribution is 2.37. The SMILES string of the molecule is C=C(C)C[C@@H](N)c1c(O)cc(O)cc1O. The summed E-state index contributed by atoms with van der Waals surface area (Å²) in [4.78, 5) is 0. The first-order valence-electron chi connectivity index (χ1n) is 4.56. The first-order valence-corrected chi connectivity index (χ1v) is 4.56. The van der Waals surface area contributed by atoms with E-state index in [2.05, 4.69) is 6.58 Å². The molecule has 0 unspecified atom stereocenters. The van der Waals surface area contributed by atoms with Crippen LogP contribution in [-0.2, 0) is 0 Å². The third kappa shape index (κ3) is 2.63. The van der Waals surface area contributed by atoms with Gasteiger partial charge >= 0.3 is 0 Å². The maximum absolute atomic E-state index is 9.53. The van der Waals surface area contributed by atoms with Gasteiger partial charge in [0.2, 0.25) is 0 Å². The Bertz CT molecular complexity index is 364. The van der Waals surface area contributed by atoms with E-state index in [-0.39, 0.29) is 22.8 Å². The summed E-state index contributed by atoms with van der Waals surface area (Å²) >= 11 is 0. The minimum absolute atomic E-state index is 0.198. The normalized spacial score (nSPS) is 12.4. The Morgan fingerprint density at radius 1 is 1.33 bits per heavy atom. The lowest BCUT2D eigenvalue weighted by molar-refractivity contribution is 0.411. The Balaban J connectivity index is 3.08. The quantitative estimate of drug-likeness (QED) is 0.571. The molecule has 1 aromatic carbocycles.